The predicted octanol–water partition coefficient (Wildman–Crippen LogP) is 3.03. The lowest BCUT2D eigenvalue weighted by Gasteiger charge is -2.10. The maximum absolute atomic E-state index is 10.9. The van der Waals surface area contributed by atoms with Crippen LogP contribution in [0.15, 0.2) is 22.7 Å². The fraction of sp³-hybridized carbons (Fsp3) is 0.455. The maximum atomic E-state index is 10.9. The SMILES string of the molecule is CCCC(N)Cc1ccc(Br)cc1[N+](=O)[O-]. The number of benzene rings is 1. The third-order valence-corrected chi connectivity index (χ3v) is 2.88. The van der Waals surface area contributed by atoms with Gasteiger partial charge in [0.25, 0.3) is 5.69 Å². The fourth-order valence-electron chi connectivity index (χ4n) is 1.63. The van der Waals surface area contributed by atoms with Crippen molar-refractivity contribution < 1.29 is 4.92 Å². The summed E-state index contributed by atoms with van der Waals surface area (Å²) in [6, 6.07) is 5.08. The minimum atomic E-state index is -0.362. The normalized spacial score (nSPS) is 12.4. The van der Waals surface area contributed by atoms with E-state index in [9.17, 15) is 10.1 Å². The predicted molar refractivity (Wildman–Crippen MR) is 67.4 cm³/mol. The third-order valence-electron chi connectivity index (χ3n) is 2.39. The van der Waals surface area contributed by atoms with Gasteiger partial charge in [-0.05, 0) is 18.9 Å². The van der Waals surface area contributed by atoms with E-state index in [4.69, 9.17) is 5.73 Å². The molecule has 1 unspecified atom stereocenters. The average molecular weight is 287 g/mol. The van der Waals surface area contributed by atoms with Crippen LogP contribution in [-0.4, -0.2) is 11.0 Å². The molecule has 0 aliphatic rings. The average Bonchev–Trinajstić information content (AvgIpc) is 2.20. The van der Waals surface area contributed by atoms with Gasteiger partial charge in [0.2, 0.25) is 0 Å². The highest BCUT2D eigenvalue weighted by Gasteiger charge is 2.16. The van der Waals surface area contributed by atoms with Crippen molar-refractivity contribution in [1.82, 2.24) is 0 Å². The van der Waals surface area contributed by atoms with Crippen molar-refractivity contribution in [2.75, 3.05) is 0 Å². The molecule has 0 saturated carbocycles. The van der Waals surface area contributed by atoms with Crippen LogP contribution >= 0.6 is 15.9 Å². The lowest BCUT2D eigenvalue weighted by Crippen LogP contribution is -2.22. The molecule has 0 heterocycles. The Morgan fingerprint density at radius 3 is 2.81 bits per heavy atom. The van der Waals surface area contributed by atoms with Crippen LogP contribution in [-0.2, 0) is 6.42 Å². The molecule has 1 rings (SSSR count). The molecule has 0 aliphatic carbocycles. The third kappa shape index (κ3) is 3.57. The Morgan fingerprint density at radius 2 is 2.25 bits per heavy atom. The molecule has 5 heteroatoms. The summed E-state index contributed by atoms with van der Waals surface area (Å²) in [4.78, 5) is 10.5. The molecule has 2 N–H and O–H groups in total. The molecule has 0 spiro atoms. The Hall–Kier alpha value is -0.940. The minimum Gasteiger partial charge on any atom is -0.327 e. The zero-order valence-corrected chi connectivity index (χ0v) is 10.7. The largest absolute Gasteiger partial charge is 0.327 e. The summed E-state index contributed by atoms with van der Waals surface area (Å²) in [5.41, 5.74) is 6.73. The summed E-state index contributed by atoms with van der Waals surface area (Å²) in [7, 11) is 0. The zero-order valence-electron chi connectivity index (χ0n) is 9.15. The van der Waals surface area contributed by atoms with Crippen LogP contribution in [0.4, 0.5) is 5.69 Å². The summed E-state index contributed by atoms with van der Waals surface area (Å²) < 4.78 is 0.715. The number of hydrogen-bond donors (Lipinski definition) is 1. The molecule has 1 aromatic carbocycles. The molecule has 0 aromatic heterocycles. The highest BCUT2D eigenvalue weighted by atomic mass is 79.9. The van der Waals surface area contributed by atoms with Gasteiger partial charge in [0.1, 0.15) is 0 Å². The first-order valence-electron chi connectivity index (χ1n) is 5.23. The van der Waals surface area contributed by atoms with Crippen LogP contribution < -0.4 is 5.73 Å². The van der Waals surface area contributed by atoms with Crippen molar-refractivity contribution in [3.05, 3.63) is 38.3 Å². The first-order chi connectivity index (χ1) is 7.54. The van der Waals surface area contributed by atoms with Crippen LogP contribution in [0.2, 0.25) is 0 Å². The Bertz CT molecular complexity index is 382. The second kappa shape index (κ2) is 5.96. The topological polar surface area (TPSA) is 69.2 Å². The van der Waals surface area contributed by atoms with Gasteiger partial charge in [0.05, 0.1) is 4.92 Å². The van der Waals surface area contributed by atoms with Gasteiger partial charge in [0, 0.05) is 22.1 Å². The maximum Gasteiger partial charge on any atom is 0.273 e. The van der Waals surface area contributed by atoms with Crippen molar-refractivity contribution >= 4 is 21.6 Å². The van der Waals surface area contributed by atoms with E-state index in [0.29, 0.717) is 16.5 Å². The molecule has 0 bridgehead atoms. The van der Waals surface area contributed by atoms with Crippen LogP contribution in [0.3, 0.4) is 0 Å². The van der Waals surface area contributed by atoms with Gasteiger partial charge >= 0.3 is 0 Å². The standard InChI is InChI=1S/C11H15BrN2O2/c1-2-3-10(13)6-8-4-5-9(12)7-11(8)14(15)16/h4-5,7,10H,2-3,6,13H2,1H3. The van der Waals surface area contributed by atoms with Gasteiger partial charge in [-0.2, -0.15) is 0 Å². The first kappa shape index (κ1) is 13.1. The van der Waals surface area contributed by atoms with E-state index in [1.165, 1.54) is 6.07 Å². The molecule has 0 aliphatic heterocycles. The van der Waals surface area contributed by atoms with Crippen LogP contribution in [0, 0.1) is 10.1 Å². The number of nitro benzene ring substituents is 1. The first-order valence-corrected chi connectivity index (χ1v) is 6.02. The van der Waals surface area contributed by atoms with Crippen LogP contribution in [0.5, 0.6) is 0 Å². The van der Waals surface area contributed by atoms with Crippen molar-refractivity contribution in [2.45, 2.75) is 32.2 Å². The number of halogens is 1. The second-order valence-electron chi connectivity index (χ2n) is 3.78. The lowest BCUT2D eigenvalue weighted by atomic mass is 10.0. The van der Waals surface area contributed by atoms with Gasteiger partial charge in [0.15, 0.2) is 0 Å². The summed E-state index contributed by atoms with van der Waals surface area (Å²) >= 11 is 3.23. The smallest absolute Gasteiger partial charge is 0.273 e. The van der Waals surface area contributed by atoms with E-state index in [0.717, 1.165) is 12.8 Å². The van der Waals surface area contributed by atoms with Crippen LogP contribution in [0.1, 0.15) is 25.3 Å². The second-order valence-corrected chi connectivity index (χ2v) is 4.70. The van der Waals surface area contributed by atoms with Gasteiger partial charge in [-0.3, -0.25) is 10.1 Å². The highest BCUT2D eigenvalue weighted by molar-refractivity contribution is 9.10. The van der Waals surface area contributed by atoms with Crippen molar-refractivity contribution in [3.63, 3.8) is 0 Å². The fourth-order valence-corrected chi connectivity index (χ4v) is 1.98. The van der Waals surface area contributed by atoms with E-state index in [2.05, 4.69) is 22.9 Å². The monoisotopic (exact) mass is 286 g/mol. The van der Waals surface area contributed by atoms with Crippen molar-refractivity contribution in [3.8, 4) is 0 Å². The highest BCUT2D eigenvalue weighted by Crippen LogP contribution is 2.24. The van der Waals surface area contributed by atoms with Crippen LogP contribution in [0.25, 0.3) is 0 Å². The Balaban J connectivity index is 2.90. The van der Waals surface area contributed by atoms with E-state index in [-0.39, 0.29) is 16.7 Å². The Morgan fingerprint density at radius 1 is 1.56 bits per heavy atom. The minimum absolute atomic E-state index is 0.00937. The van der Waals surface area contributed by atoms with E-state index < -0.39 is 0 Å². The molecule has 0 amide bonds. The number of rotatable bonds is 5. The van der Waals surface area contributed by atoms with E-state index in [1.54, 1.807) is 12.1 Å². The molecule has 4 nitrogen and oxygen atoms in total. The Labute approximate surface area is 103 Å². The molecule has 1 aromatic rings. The molecular formula is C11H15BrN2O2. The summed E-state index contributed by atoms with van der Waals surface area (Å²) in [6.45, 7) is 2.05. The molecule has 16 heavy (non-hydrogen) atoms. The number of hydrogen-bond acceptors (Lipinski definition) is 3. The number of nitro groups is 1. The quantitative estimate of drug-likeness (QED) is 0.668. The van der Waals surface area contributed by atoms with E-state index >= 15 is 0 Å². The van der Waals surface area contributed by atoms with Gasteiger partial charge in [-0.1, -0.05) is 35.3 Å². The van der Waals surface area contributed by atoms with E-state index in [1.807, 2.05) is 0 Å². The number of nitrogens with zero attached hydrogens (tertiary/aromatic N) is 1. The zero-order chi connectivity index (χ0) is 12.1. The Kier molecular flexibility index (Phi) is 4.89. The van der Waals surface area contributed by atoms with Gasteiger partial charge in [-0.15, -0.1) is 0 Å². The lowest BCUT2D eigenvalue weighted by molar-refractivity contribution is -0.385. The molecule has 0 saturated heterocycles. The molecular weight excluding hydrogens is 272 g/mol. The number of nitrogens with two attached hydrogens (primary N) is 1. The summed E-state index contributed by atoms with van der Waals surface area (Å²) in [5.74, 6) is 0. The van der Waals surface area contributed by atoms with Gasteiger partial charge in [-0.25, -0.2) is 0 Å². The molecule has 0 radical (unpaired) electrons. The van der Waals surface area contributed by atoms with Crippen molar-refractivity contribution in [2.24, 2.45) is 5.73 Å². The van der Waals surface area contributed by atoms with Gasteiger partial charge < -0.3 is 5.73 Å². The molecule has 1 atom stereocenters. The summed E-state index contributed by atoms with van der Waals surface area (Å²) in [6.07, 6.45) is 2.43. The molecule has 0 fully saturated rings. The van der Waals surface area contributed by atoms with Crippen molar-refractivity contribution in [1.29, 1.82) is 0 Å². The summed E-state index contributed by atoms with van der Waals surface area (Å²) in [5, 5.41) is 10.9. The molecule has 88 valence electrons.